The monoisotopic (exact) mass is 484 g/mol. The Balaban J connectivity index is 2.15. The average molecular weight is 484 g/mol. The van der Waals surface area contributed by atoms with E-state index in [-0.39, 0.29) is 5.65 Å². The number of carbonyl (C=O) groups excluding carboxylic acids is 1. The van der Waals surface area contributed by atoms with E-state index < -0.39 is 65.1 Å². The van der Waals surface area contributed by atoms with Crippen molar-refractivity contribution in [1.82, 2.24) is 14.4 Å². The van der Waals surface area contributed by atoms with Gasteiger partial charge in [-0.2, -0.15) is 39.5 Å². The molecular weight excluding hydrogens is 471 g/mol. The molecule has 3 aromatic heterocycles. The molecule has 1 amide bonds. The average Bonchev–Trinajstić information content (AvgIpc) is 3.02. The second-order valence-electron chi connectivity index (χ2n) is 7.08. The first-order valence-electron chi connectivity index (χ1n) is 9.07. The number of hydrogen-bond donors (Lipinski definition) is 1. The normalized spacial score (nSPS) is 13.9. The molecule has 0 radical (unpaired) electrons. The molecular formula is C19H13F9N4O. The lowest BCUT2D eigenvalue weighted by atomic mass is 10.1. The Morgan fingerprint density at radius 3 is 2.21 bits per heavy atom. The summed E-state index contributed by atoms with van der Waals surface area (Å²) >= 11 is 0. The summed E-state index contributed by atoms with van der Waals surface area (Å²) in [5, 5.41) is 2.04. The third-order valence-electron chi connectivity index (χ3n) is 4.58. The van der Waals surface area contributed by atoms with Crippen LogP contribution in [0.5, 0.6) is 0 Å². The maximum atomic E-state index is 13.2. The fourth-order valence-electron chi connectivity index (χ4n) is 2.86. The maximum Gasteiger partial charge on any atom is 0.417 e. The van der Waals surface area contributed by atoms with Gasteiger partial charge in [0, 0.05) is 18.8 Å². The van der Waals surface area contributed by atoms with Crippen LogP contribution in [0.4, 0.5) is 45.3 Å². The third-order valence-corrected chi connectivity index (χ3v) is 4.58. The van der Waals surface area contributed by atoms with Crippen LogP contribution in [0.3, 0.4) is 0 Å². The van der Waals surface area contributed by atoms with Gasteiger partial charge in [0.1, 0.15) is 11.3 Å². The largest absolute Gasteiger partial charge is 0.417 e. The van der Waals surface area contributed by atoms with Gasteiger partial charge >= 0.3 is 18.5 Å². The second-order valence-corrected chi connectivity index (χ2v) is 7.08. The molecule has 3 rings (SSSR count). The van der Waals surface area contributed by atoms with Crippen molar-refractivity contribution in [3.63, 3.8) is 0 Å². The van der Waals surface area contributed by atoms with Gasteiger partial charge in [-0.1, -0.05) is 6.92 Å². The minimum atomic E-state index is -4.82. The van der Waals surface area contributed by atoms with E-state index in [4.69, 9.17) is 0 Å². The van der Waals surface area contributed by atoms with Gasteiger partial charge in [-0.05, 0) is 24.3 Å². The van der Waals surface area contributed by atoms with E-state index in [0.29, 0.717) is 24.4 Å². The Kier molecular flexibility index (Phi) is 6.06. The number of imidazole rings is 1. The molecule has 0 aliphatic carbocycles. The smallest absolute Gasteiger partial charge is 0.309 e. The van der Waals surface area contributed by atoms with E-state index >= 15 is 0 Å². The van der Waals surface area contributed by atoms with Crippen molar-refractivity contribution < 1.29 is 44.3 Å². The van der Waals surface area contributed by atoms with Crippen LogP contribution in [-0.2, 0) is 17.1 Å². The zero-order valence-corrected chi connectivity index (χ0v) is 16.4. The lowest BCUT2D eigenvalue weighted by molar-refractivity contribution is -0.173. The highest BCUT2D eigenvalue weighted by Crippen LogP contribution is 2.36. The van der Waals surface area contributed by atoms with Gasteiger partial charge in [0.15, 0.2) is 5.82 Å². The highest BCUT2D eigenvalue weighted by molar-refractivity contribution is 5.94. The summed E-state index contributed by atoms with van der Waals surface area (Å²) in [6.45, 7) is 0.744. The van der Waals surface area contributed by atoms with Crippen LogP contribution >= 0.6 is 0 Å². The van der Waals surface area contributed by atoms with Crippen LogP contribution in [0.2, 0.25) is 0 Å². The van der Waals surface area contributed by atoms with Crippen molar-refractivity contribution in [3.8, 4) is 11.4 Å². The second kappa shape index (κ2) is 8.23. The predicted octanol–water partition coefficient (Wildman–Crippen LogP) is 5.96. The van der Waals surface area contributed by atoms with E-state index in [1.54, 1.807) is 0 Å². The van der Waals surface area contributed by atoms with Crippen molar-refractivity contribution in [2.75, 3.05) is 5.32 Å². The molecule has 0 aromatic carbocycles. The molecule has 0 spiro atoms. The van der Waals surface area contributed by atoms with E-state index in [9.17, 15) is 44.3 Å². The number of fused-ring (bicyclic) bond motifs is 1. The zero-order valence-electron chi connectivity index (χ0n) is 16.4. The molecule has 5 nitrogen and oxygen atoms in total. The van der Waals surface area contributed by atoms with Crippen molar-refractivity contribution in [2.24, 2.45) is 5.92 Å². The first kappa shape index (κ1) is 24.3. The summed E-state index contributed by atoms with van der Waals surface area (Å²) in [7, 11) is 0. The van der Waals surface area contributed by atoms with Crippen molar-refractivity contribution in [2.45, 2.75) is 31.9 Å². The van der Waals surface area contributed by atoms with Gasteiger partial charge in [0.05, 0.1) is 22.7 Å². The number of alkyl halides is 9. The lowest BCUT2D eigenvalue weighted by Crippen LogP contribution is -2.25. The molecule has 0 saturated heterocycles. The number of pyridine rings is 2. The van der Waals surface area contributed by atoms with Gasteiger partial charge < -0.3 is 5.32 Å². The Labute approximate surface area is 179 Å². The number of nitrogens with zero attached hydrogens (tertiary/aromatic N) is 3. The van der Waals surface area contributed by atoms with Crippen LogP contribution < -0.4 is 5.32 Å². The maximum absolute atomic E-state index is 13.2. The molecule has 33 heavy (non-hydrogen) atoms. The van der Waals surface area contributed by atoms with Crippen LogP contribution in [0, 0.1) is 5.92 Å². The summed E-state index contributed by atoms with van der Waals surface area (Å²) in [6, 6.07) is 2.70. The number of amides is 1. The predicted molar refractivity (Wildman–Crippen MR) is 96.9 cm³/mol. The van der Waals surface area contributed by atoms with E-state index in [1.165, 1.54) is 0 Å². The summed E-state index contributed by atoms with van der Waals surface area (Å²) in [5.41, 5.74) is -3.54. The summed E-state index contributed by atoms with van der Waals surface area (Å²) in [6.07, 6.45) is -14.1. The molecule has 3 aromatic rings. The highest BCUT2D eigenvalue weighted by Gasteiger charge is 2.38. The lowest BCUT2D eigenvalue weighted by Gasteiger charge is -2.15. The van der Waals surface area contributed by atoms with E-state index in [2.05, 4.69) is 9.97 Å². The first-order chi connectivity index (χ1) is 15.1. The van der Waals surface area contributed by atoms with E-state index in [1.807, 2.05) is 5.32 Å². The standard InChI is InChI=1S/C19H13F9N4O/c1-9(17(20,21)22)6-14(33)31-16-15(12-7-10(4-5-29-12)18(23,24)25)32-8-11(19(26,27)28)2-3-13(32)30-16/h2-5,7-9H,6H2,1H3,(H,31,33). The minimum absolute atomic E-state index is 0.212. The summed E-state index contributed by atoms with van der Waals surface area (Å²) < 4.78 is 118. The SMILES string of the molecule is CC(CC(=O)Nc1nc2ccc(C(F)(F)F)cn2c1-c1cc(C(F)(F)F)ccn1)C(F)(F)F. The molecule has 0 aliphatic heterocycles. The number of anilines is 1. The highest BCUT2D eigenvalue weighted by atomic mass is 19.4. The fraction of sp³-hybridized carbons (Fsp3) is 0.316. The number of hydrogen-bond acceptors (Lipinski definition) is 3. The first-order valence-corrected chi connectivity index (χ1v) is 9.07. The molecule has 0 fully saturated rings. The Morgan fingerprint density at radius 1 is 1.00 bits per heavy atom. The number of rotatable bonds is 4. The van der Waals surface area contributed by atoms with Crippen molar-refractivity contribution in [1.29, 1.82) is 0 Å². The van der Waals surface area contributed by atoms with Crippen LogP contribution in [-0.4, -0.2) is 26.5 Å². The molecule has 14 heteroatoms. The van der Waals surface area contributed by atoms with Gasteiger partial charge in [0.25, 0.3) is 0 Å². The van der Waals surface area contributed by atoms with Gasteiger partial charge in [-0.25, -0.2) is 4.98 Å². The topological polar surface area (TPSA) is 59.3 Å². The molecule has 178 valence electrons. The number of aromatic nitrogens is 3. The number of nitrogens with one attached hydrogen (secondary N) is 1. The van der Waals surface area contributed by atoms with Crippen LogP contribution in [0.15, 0.2) is 36.7 Å². The molecule has 0 aliphatic rings. The Bertz CT molecular complexity index is 1180. The molecule has 0 saturated carbocycles. The Hall–Kier alpha value is -3.32. The zero-order chi connectivity index (χ0) is 24.8. The molecule has 0 bridgehead atoms. The van der Waals surface area contributed by atoms with Gasteiger partial charge in [0.2, 0.25) is 5.91 Å². The molecule has 1 atom stereocenters. The number of halogens is 9. The van der Waals surface area contributed by atoms with Crippen molar-refractivity contribution in [3.05, 3.63) is 47.8 Å². The Morgan fingerprint density at radius 2 is 1.64 bits per heavy atom. The van der Waals surface area contributed by atoms with Crippen LogP contribution in [0.1, 0.15) is 24.5 Å². The molecule has 1 unspecified atom stereocenters. The molecule has 1 N–H and O–H groups in total. The van der Waals surface area contributed by atoms with Crippen molar-refractivity contribution >= 4 is 17.4 Å². The molecule has 3 heterocycles. The summed E-state index contributed by atoms with van der Waals surface area (Å²) in [5.74, 6) is -3.78. The fourth-order valence-corrected chi connectivity index (χ4v) is 2.86. The summed E-state index contributed by atoms with van der Waals surface area (Å²) in [4.78, 5) is 19.7. The van der Waals surface area contributed by atoms with Crippen LogP contribution in [0.25, 0.3) is 17.0 Å². The van der Waals surface area contributed by atoms with Gasteiger partial charge in [-0.3, -0.25) is 14.2 Å². The van der Waals surface area contributed by atoms with E-state index in [0.717, 1.165) is 23.6 Å². The quantitative estimate of drug-likeness (QED) is 0.465. The number of carbonyl (C=O) groups is 1. The van der Waals surface area contributed by atoms with Gasteiger partial charge in [-0.15, -0.1) is 0 Å². The minimum Gasteiger partial charge on any atom is -0.309 e. The third kappa shape index (κ3) is 5.37.